The number of hydrogen-bond donors (Lipinski definition) is 1. The Morgan fingerprint density at radius 1 is 1.38 bits per heavy atom. The number of hydrogen-bond acceptors (Lipinski definition) is 4. The molecule has 0 spiro atoms. The molecule has 0 unspecified atom stereocenters. The summed E-state index contributed by atoms with van der Waals surface area (Å²) in [5, 5.41) is 7.69. The summed E-state index contributed by atoms with van der Waals surface area (Å²) in [5.41, 5.74) is 6.04. The third-order valence-corrected chi connectivity index (χ3v) is 2.60. The fourth-order valence-corrected chi connectivity index (χ4v) is 1.60. The second kappa shape index (κ2) is 4.71. The molecule has 16 heavy (non-hydrogen) atoms. The van der Waals surface area contributed by atoms with Gasteiger partial charge in [0.15, 0.2) is 0 Å². The normalized spacial score (nSPS) is 10.7. The van der Waals surface area contributed by atoms with Crippen molar-refractivity contribution in [3.63, 3.8) is 0 Å². The molecule has 2 rings (SSSR count). The van der Waals surface area contributed by atoms with Crippen molar-refractivity contribution in [2.24, 2.45) is 5.73 Å². The number of nitrogens with two attached hydrogens (primary N) is 1. The van der Waals surface area contributed by atoms with Gasteiger partial charge in [-0.3, -0.25) is 0 Å². The highest BCUT2D eigenvalue weighted by Crippen LogP contribution is 2.24. The molecule has 0 radical (unpaired) electrons. The largest absolute Gasteiger partial charge is 0.421 e. The average Bonchev–Trinajstić information content (AvgIpc) is 2.71. The van der Waals surface area contributed by atoms with Crippen molar-refractivity contribution >= 4 is 15.9 Å². The van der Waals surface area contributed by atoms with Crippen LogP contribution >= 0.6 is 15.9 Å². The first-order valence-corrected chi connectivity index (χ1v) is 5.48. The molecule has 0 amide bonds. The Morgan fingerprint density at radius 2 is 2.19 bits per heavy atom. The Hall–Kier alpha value is -1.27. The molecule has 0 atom stereocenters. The second-order valence-corrected chi connectivity index (χ2v) is 4.02. The molecule has 0 aliphatic heterocycles. The van der Waals surface area contributed by atoms with E-state index in [9.17, 15) is 4.39 Å². The van der Waals surface area contributed by atoms with Gasteiger partial charge in [0.1, 0.15) is 5.82 Å². The highest BCUT2D eigenvalue weighted by Gasteiger charge is 2.09. The topological polar surface area (TPSA) is 64.9 Å². The maximum atomic E-state index is 13.0. The van der Waals surface area contributed by atoms with Crippen LogP contribution in [0.15, 0.2) is 27.1 Å². The molecule has 0 bridgehead atoms. The molecular formula is C10H9BrFN3O. The van der Waals surface area contributed by atoms with Crippen LogP contribution in [0.2, 0.25) is 0 Å². The van der Waals surface area contributed by atoms with E-state index < -0.39 is 0 Å². The minimum absolute atomic E-state index is 0.328. The molecule has 0 saturated carbocycles. The molecule has 0 fully saturated rings. The first-order chi connectivity index (χ1) is 7.70. The average molecular weight is 286 g/mol. The predicted molar refractivity (Wildman–Crippen MR) is 60.2 cm³/mol. The molecule has 1 heterocycles. The number of halogens is 2. The lowest BCUT2D eigenvalue weighted by Crippen LogP contribution is -2.02. The highest BCUT2D eigenvalue weighted by atomic mass is 79.9. The minimum Gasteiger partial charge on any atom is -0.421 e. The van der Waals surface area contributed by atoms with Crippen molar-refractivity contribution in [1.82, 2.24) is 10.2 Å². The SMILES string of the molecule is NCCc1nnc(-c2ccc(F)c(Br)c2)o1. The van der Waals surface area contributed by atoms with Crippen LogP contribution in [0.25, 0.3) is 11.5 Å². The fraction of sp³-hybridized carbons (Fsp3) is 0.200. The van der Waals surface area contributed by atoms with Crippen molar-refractivity contribution in [2.45, 2.75) is 6.42 Å². The summed E-state index contributed by atoms with van der Waals surface area (Å²) in [6.45, 7) is 0.453. The summed E-state index contributed by atoms with van der Waals surface area (Å²) >= 11 is 3.10. The van der Waals surface area contributed by atoms with Crippen LogP contribution in [0.5, 0.6) is 0 Å². The smallest absolute Gasteiger partial charge is 0.247 e. The number of aromatic nitrogens is 2. The number of benzene rings is 1. The van der Waals surface area contributed by atoms with Crippen molar-refractivity contribution in [3.05, 3.63) is 34.4 Å². The summed E-state index contributed by atoms with van der Waals surface area (Å²) in [6, 6.07) is 4.52. The van der Waals surface area contributed by atoms with Gasteiger partial charge < -0.3 is 10.2 Å². The first-order valence-electron chi connectivity index (χ1n) is 4.68. The third kappa shape index (κ3) is 2.28. The molecule has 2 aromatic rings. The van der Waals surface area contributed by atoms with E-state index in [-0.39, 0.29) is 5.82 Å². The molecule has 4 nitrogen and oxygen atoms in total. The van der Waals surface area contributed by atoms with E-state index in [1.807, 2.05) is 0 Å². The Bertz CT molecular complexity index is 501. The molecule has 0 aliphatic carbocycles. The van der Waals surface area contributed by atoms with E-state index in [1.54, 1.807) is 12.1 Å². The van der Waals surface area contributed by atoms with Crippen LogP contribution in [0, 0.1) is 5.82 Å². The van der Waals surface area contributed by atoms with Crippen LogP contribution in [0.3, 0.4) is 0 Å². The molecule has 0 saturated heterocycles. The fourth-order valence-electron chi connectivity index (χ4n) is 1.22. The van der Waals surface area contributed by atoms with Crippen molar-refractivity contribution in [3.8, 4) is 11.5 Å². The van der Waals surface area contributed by atoms with Gasteiger partial charge in [-0.05, 0) is 34.1 Å². The van der Waals surface area contributed by atoms with Crippen molar-refractivity contribution in [2.75, 3.05) is 6.54 Å². The zero-order valence-electron chi connectivity index (χ0n) is 8.28. The van der Waals surface area contributed by atoms with E-state index in [0.717, 1.165) is 0 Å². The van der Waals surface area contributed by atoms with Crippen LogP contribution < -0.4 is 5.73 Å². The van der Waals surface area contributed by atoms with E-state index in [4.69, 9.17) is 10.2 Å². The summed E-state index contributed by atoms with van der Waals surface area (Å²) in [6.07, 6.45) is 0.537. The quantitative estimate of drug-likeness (QED) is 0.938. The van der Waals surface area contributed by atoms with E-state index >= 15 is 0 Å². The van der Waals surface area contributed by atoms with Gasteiger partial charge in [-0.1, -0.05) is 0 Å². The first kappa shape index (κ1) is 11.2. The molecule has 0 aliphatic rings. The van der Waals surface area contributed by atoms with Gasteiger partial charge in [-0.25, -0.2) is 4.39 Å². The molecule has 84 valence electrons. The number of nitrogens with zero attached hydrogens (tertiary/aromatic N) is 2. The van der Waals surface area contributed by atoms with Gasteiger partial charge in [-0.2, -0.15) is 0 Å². The van der Waals surface area contributed by atoms with Crippen molar-refractivity contribution < 1.29 is 8.81 Å². The van der Waals surface area contributed by atoms with Gasteiger partial charge >= 0.3 is 0 Å². The Kier molecular flexibility index (Phi) is 3.31. The van der Waals surface area contributed by atoms with E-state index in [1.165, 1.54) is 6.07 Å². The van der Waals surface area contributed by atoms with E-state index in [2.05, 4.69) is 26.1 Å². The van der Waals surface area contributed by atoms with Gasteiger partial charge in [-0.15, -0.1) is 10.2 Å². The van der Waals surface area contributed by atoms with Crippen LogP contribution in [0.1, 0.15) is 5.89 Å². The van der Waals surface area contributed by atoms with Crippen LogP contribution in [-0.4, -0.2) is 16.7 Å². The maximum Gasteiger partial charge on any atom is 0.247 e. The maximum absolute atomic E-state index is 13.0. The lowest BCUT2D eigenvalue weighted by molar-refractivity contribution is 0.507. The van der Waals surface area contributed by atoms with Gasteiger partial charge in [0.25, 0.3) is 0 Å². The van der Waals surface area contributed by atoms with Crippen molar-refractivity contribution in [1.29, 1.82) is 0 Å². The van der Waals surface area contributed by atoms with Crippen LogP contribution in [-0.2, 0) is 6.42 Å². The molecule has 1 aromatic carbocycles. The lowest BCUT2D eigenvalue weighted by Gasteiger charge is -1.97. The Balaban J connectivity index is 2.31. The Labute approximate surface area is 99.8 Å². The van der Waals surface area contributed by atoms with Gasteiger partial charge in [0, 0.05) is 18.5 Å². The molecule has 2 N–H and O–H groups in total. The highest BCUT2D eigenvalue weighted by molar-refractivity contribution is 9.10. The molecular weight excluding hydrogens is 277 g/mol. The zero-order chi connectivity index (χ0) is 11.5. The van der Waals surface area contributed by atoms with Gasteiger partial charge in [0.2, 0.25) is 11.8 Å². The third-order valence-electron chi connectivity index (χ3n) is 1.99. The summed E-state index contributed by atoms with van der Waals surface area (Å²) in [4.78, 5) is 0. The van der Waals surface area contributed by atoms with Crippen LogP contribution in [0.4, 0.5) is 4.39 Å². The standard InChI is InChI=1S/C10H9BrFN3O/c11-7-5-6(1-2-8(7)12)10-15-14-9(16-10)3-4-13/h1-2,5H,3-4,13H2. The number of rotatable bonds is 3. The zero-order valence-corrected chi connectivity index (χ0v) is 9.87. The van der Waals surface area contributed by atoms with Gasteiger partial charge in [0.05, 0.1) is 4.47 Å². The molecule has 6 heteroatoms. The molecule has 1 aromatic heterocycles. The van der Waals surface area contributed by atoms with E-state index in [0.29, 0.717) is 34.8 Å². The Morgan fingerprint density at radius 3 is 2.88 bits per heavy atom. The summed E-state index contributed by atoms with van der Waals surface area (Å²) in [7, 11) is 0. The summed E-state index contributed by atoms with van der Waals surface area (Å²) < 4.78 is 18.7. The lowest BCUT2D eigenvalue weighted by atomic mass is 10.2. The monoisotopic (exact) mass is 285 g/mol. The predicted octanol–water partition coefficient (Wildman–Crippen LogP) is 2.14. The second-order valence-electron chi connectivity index (χ2n) is 3.17. The minimum atomic E-state index is -0.328. The summed E-state index contributed by atoms with van der Waals surface area (Å²) in [5.74, 6) is 0.521.